The highest BCUT2D eigenvalue weighted by atomic mass is 35.5. The number of fused-ring (bicyclic) bond motifs is 1. The molecule has 2 atom stereocenters. The molecule has 0 saturated heterocycles. The summed E-state index contributed by atoms with van der Waals surface area (Å²) in [4.78, 5) is 8.28. The minimum atomic E-state index is 0.223. The summed E-state index contributed by atoms with van der Waals surface area (Å²) in [6.07, 6.45) is 2.82. The molecule has 2 heterocycles. The predicted molar refractivity (Wildman–Crippen MR) is 69.2 cm³/mol. The second-order valence-electron chi connectivity index (χ2n) is 4.29. The Bertz CT molecular complexity index is 510. The highest BCUT2D eigenvalue weighted by Crippen LogP contribution is 2.22. The van der Waals surface area contributed by atoms with Crippen LogP contribution in [0.2, 0.25) is 5.28 Å². The lowest BCUT2D eigenvalue weighted by molar-refractivity contribution is 0.494. The van der Waals surface area contributed by atoms with Crippen molar-refractivity contribution in [2.75, 3.05) is 5.32 Å². The van der Waals surface area contributed by atoms with E-state index in [0.29, 0.717) is 17.6 Å². The normalized spacial score (nSPS) is 14.8. The second kappa shape index (κ2) is 4.87. The van der Waals surface area contributed by atoms with Crippen molar-refractivity contribution in [3.8, 4) is 0 Å². The van der Waals surface area contributed by atoms with Gasteiger partial charge in [0.25, 0.3) is 0 Å². The fourth-order valence-electron chi connectivity index (χ4n) is 1.63. The number of H-pyrrole nitrogens is 1. The lowest BCUT2D eigenvalue weighted by atomic mass is 10.0. The van der Waals surface area contributed by atoms with Gasteiger partial charge in [-0.15, -0.1) is 0 Å². The van der Waals surface area contributed by atoms with E-state index in [4.69, 9.17) is 11.6 Å². The zero-order valence-electron chi connectivity index (χ0n) is 10.2. The molecule has 0 radical (unpaired) electrons. The average Bonchev–Trinajstić information content (AvgIpc) is 2.75. The molecule has 0 spiro atoms. The maximum atomic E-state index is 5.87. The number of halogens is 1. The summed E-state index contributed by atoms with van der Waals surface area (Å²) in [7, 11) is 0. The van der Waals surface area contributed by atoms with Gasteiger partial charge in [-0.2, -0.15) is 15.1 Å². The molecule has 5 nitrogen and oxygen atoms in total. The Kier molecular flexibility index (Phi) is 3.47. The number of hydrogen-bond acceptors (Lipinski definition) is 4. The van der Waals surface area contributed by atoms with Crippen LogP contribution < -0.4 is 5.32 Å². The van der Waals surface area contributed by atoms with Crippen molar-refractivity contribution in [2.24, 2.45) is 5.92 Å². The molecule has 0 fully saturated rings. The standard InChI is InChI=1S/C11H16ClN5/c1-4-6(2)7(3)14-9-8-5-13-17-10(8)16-11(12)15-9/h5-7H,4H2,1-3H3,(H2,13,14,15,16,17). The number of anilines is 1. The van der Waals surface area contributed by atoms with Crippen LogP contribution in [0.3, 0.4) is 0 Å². The van der Waals surface area contributed by atoms with Crippen LogP contribution in [0.1, 0.15) is 27.2 Å². The van der Waals surface area contributed by atoms with Gasteiger partial charge in [0.2, 0.25) is 5.28 Å². The van der Waals surface area contributed by atoms with Gasteiger partial charge >= 0.3 is 0 Å². The average molecular weight is 254 g/mol. The van der Waals surface area contributed by atoms with Crippen LogP contribution in [0.15, 0.2) is 6.20 Å². The fraction of sp³-hybridized carbons (Fsp3) is 0.545. The summed E-state index contributed by atoms with van der Waals surface area (Å²) in [6.45, 7) is 6.51. The molecular formula is C11H16ClN5. The number of aromatic nitrogens is 4. The van der Waals surface area contributed by atoms with E-state index in [1.165, 1.54) is 0 Å². The molecule has 0 aliphatic rings. The first-order chi connectivity index (χ1) is 8.11. The van der Waals surface area contributed by atoms with Gasteiger partial charge in [-0.25, -0.2) is 0 Å². The molecule has 2 rings (SSSR count). The molecule has 0 aliphatic heterocycles. The molecule has 0 bridgehead atoms. The van der Waals surface area contributed by atoms with Crippen molar-refractivity contribution in [1.29, 1.82) is 0 Å². The predicted octanol–water partition coefficient (Wildman–Crippen LogP) is 2.85. The van der Waals surface area contributed by atoms with E-state index >= 15 is 0 Å². The minimum absolute atomic E-state index is 0.223. The van der Waals surface area contributed by atoms with Crippen molar-refractivity contribution in [1.82, 2.24) is 20.2 Å². The van der Waals surface area contributed by atoms with Crippen LogP contribution in [0.4, 0.5) is 5.82 Å². The van der Waals surface area contributed by atoms with Gasteiger partial charge in [0.1, 0.15) is 5.82 Å². The third-order valence-electron chi connectivity index (χ3n) is 3.14. The lowest BCUT2D eigenvalue weighted by Crippen LogP contribution is -2.24. The van der Waals surface area contributed by atoms with E-state index in [1.807, 2.05) is 0 Å². The van der Waals surface area contributed by atoms with Crippen LogP contribution in [0, 0.1) is 5.92 Å². The fourth-order valence-corrected chi connectivity index (χ4v) is 1.80. The molecule has 17 heavy (non-hydrogen) atoms. The first-order valence-corrected chi connectivity index (χ1v) is 6.12. The molecule has 2 aromatic heterocycles. The van der Waals surface area contributed by atoms with Crippen LogP contribution >= 0.6 is 11.6 Å². The Morgan fingerprint density at radius 1 is 1.41 bits per heavy atom. The molecule has 0 aliphatic carbocycles. The maximum Gasteiger partial charge on any atom is 0.226 e. The quantitative estimate of drug-likeness (QED) is 0.823. The summed E-state index contributed by atoms with van der Waals surface area (Å²) in [5, 5.41) is 11.2. The number of nitrogens with zero attached hydrogens (tertiary/aromatic N) is 3. The smallest absolute Gasteiger partial charge is 0.226 e. The highest BCUT2D eigenvalue weighted by Gasteiger charge is 2.14. The molecule has 2 unspecified atom stereocenters. The van der Waals surface area contributed by atoms with Crippen LogP contribution in [-0.2, 0) is 0 Å². The second-order valence-corrected chi connectivity index (χ2v) is 4.63. The Labute approximate surface area is 105 Å². The van der Waals surface area contributed by atoms with Crippen molar-refractivity contribution in [2.45, 2.75) is 33.2 Å². The van der Waals surface area contributed by atoms with Gasteiger partial charge in [-0.1, -0.05) is 20.3 Å². The van der Waals surface area contributed by atoms with Gasteiger partial charge in [-0.3, -0.25) is 5.10 Å². The molecular weight excluding hydrogens is 238 g/mol. The van der Waals surface area contributed by atoms with Gasteiger partial charge in [0.05, 0.1) is 11.6 Å². The summed E-state index contributed by atoms with van der Waals surface area (Å²) in [5.41, 5.74) is 0.656. The first-order valence-electron chi connectivity index (χ1n) is 5.75. The van der Waals surface area contributed by atoms with Crippen LogP contribution in [-0.4, -0.2) is 26.2 Å². The van der Waals surface area contributed by atoms with Gasteiger partial charge in [0, 0.05) is 6.04 Å². The number of nitrogens with one attached hydrogen (secondary N) is 2. The maximum absolute atomic E-state index is 5.87. The monoisotopic (exact) mass is 253 g/mol. The molecule has 2 N–H and O–H groups in total. The van der Waals surface area contributed by atoms with E-state index in [2.05, 4.69) is 46.3 Å². The Morgan fingerprint density at radius 3 is 2.88 bits per heavy atom. The van der Waals surface area contributed by atoms with E-state index in [-0.39, 0.29) is 5.28 Å². The van der Waals surface area contributed by atoms with Gasteiger partial charge < -0.3 is 5.32 Å². The third kappa shape index (κ3) is 2.49. The molecule has 0 saturated carbocycles. The molecule has 0 amide bonds. The molecule has 2 aromatic rings. The number of aromatic amines is 1. The molecule has 92 valence electrons. The van der Waals surface area contributed by atoms with E-state index < -0.39 is 0 Å². The summed E-state index contributed by atoms with van der Waals surface area (Å²) in [6, 6.07) is 0.323. The lowest BCUT2D eigenvalue weighted by Gasteiger charge is -2.20. The summed E-state index contributed by atoms with van der Waals surface area (Å²) < 4.78 is 0. The van der Waals surface area contributed by atoms with Crippen molar-refractivity contribution >= 4 is 28.5 Å². The zero-order valence-corrected chi connectivity index (χ0v) is 10.9. The first kappa shape index (κ1) is 12.1. The SMILES string of the molecule is CCC(C)C(C)Nc1nc(Cl)nc2[nH]ncc12. The topological polar surface area (TPSA) is 66.5 Å². The van der Waals surface area contributed by atoms with Crippen molar-refractivity contribution < 1.29 is 0 Å². The zero-order chi connectivity index (χ0) is 12.4. The van der Waals surface area contributed by atoms with E-state index in [0.717, 1.165) is 17.6 Å². The number of rotatable bonds is 4. The van der Waals surface area contributed by atoms with Gasteiger partial charge in [0.15, 0.2) is 5.65 Å². The van der Waals surface area contributed by atoms with Crippen LogP contribution in [0.25, 0.3) is 11.0 Å². The molecule has 0 aromatic carbocycles. The minimum Gasteiger partial charge on any atom is -0.367 e. The Hall–Kier alpha value is -1.36. The van der Waals surface area contributed by atoms with Gasteiger partial charge in [-0.05, 0) is 24.4 Å². The van der Waals surface area contributed by atoms with E-state index in [1.54, 1.807) is 6.20 Å². The van der Waals surface area contributed by atoms with Crippen molar-refractivity contribution in [3.63, 3.8) is 0 Å². The Balaban J connectivity index is 2.31. The summed E-state index contributed by atoms with van der Waals surface area (Å²) in [5.74, 6) is 1.30. The Morgan fingerprint density at radius 2 is 2.18 bits per heavy atom. The largest absolute Gasteiger partial charge is 0.367 e. The molecule has 6 heteroatoms. The highest BCUT2D eigenvalue weighted by molar-refractivity contribution is 6.28. The van der Waals surface area contributed by atoms with E-state index in [9.17, 15) is 0 Å². The summed E-state index contributed by atoms with van der Waals surface area (Å²) >= 11 is 5.87. The van der Waals surface area contributed by atoms with Crippen molar-refractivity contribution in [3.05, 3.63) is 11.5 Å². The number of hydrogen-bond donors (Lipinski definition) is 2. The van der Waals surface area contributed by atoms with Crippen LogP contribution in [0.5, 0.6) is 0 Å². The third-order valence-corrected chi connectivity index (χ3v) is 3.31.